The summed E-state index contributed by atoms with van der Waals surface area (Å²) in [6.07, 6.45) is 3.37. The summed E-state index contributed by atoms with van der Waals surface area (Å²) in [7, 11) is 0. The van der Waals surface area contributed by atoms with E-state index in [4.69, 9.17) is 0 Å². The number of hydrogen-bond donors (Lipinski definition) is 1. The van der Waals surface area contributed by atoms with Crippen LogP contribution in [0.25, 0.3) is 0 Å². The lowest BCUT2D eigenvalue weighted by atomic mass is 9.71. The lowest BCUT2D eigenvalue weighted by Gasteiger charge is -2.35. The zero-order valence-corrected chi connectivity index (χ0v) is 10.9. The fourth-order valence-corrected chi connectivity index (χ4v) is 2.19. The van der Waals surface area contributed by atoms with Gasteiger partial charge in [0.15, 0.2) is 5.78 Å². The van der Waals surface area contributed by atoms with Crippen LogP contribution in [0.2, 0.25) is 0 Å². The summed E-state index contributed by atoms with van der Waals surface area (Å²) in [6, 6.07) is 0. The topological polar surface area (TPSA) is 37.3 Å². The molecule has 1 N–H and O–H groups in total. The van der Waals surface area contributed by atoms with Crippen LogP contribution in [0, 0.1) is 5.41 Å². The number of carbonyl (C=O) groups is 1. The average molecular weight is 222 g/mol. The van der Waals surface area contributed by atoms with E-state index in [1.807, 2.05) is 19.9 Å². The molecule has 0 fully saturated rings. The van der Waals surface area contributed by atoms with Gasteiger partial charge < -0.3 is 5.11 Å². The Morgan fingerprint density at radius 3 is 2.50 bits per heavy atom. The van der Waals surface area contributed by atoms with Crippen molar-refractivity contribution in [3.05, 3.63) is 22.8 Å². The van der Waals surface area contributed by atoms with Gasteiger partial charge in [0.05, 0.1) is 6.10 Å². The number of Topliss-reactive ketones (excluding diaryl/α,β-unsaturated/α-hetero) is 1. The molecule has 0 spiro atoms. The van der Waals surface area contributed by atoms with E-state index in [0.29, 0.717) is 0 Å². The van der Waals surface area contributed by atoms with Gasteiger partial charge in [0.2, 0.25) is 0 Å². The van der Waals surface area contributed by atoms with Gasteiger partial charge in [-0.2, -0.15) is 0 Å². The second kappa shape index (κ2) is 4.54. The first kappa shape index (κ1) is 13.2. The van der Waals surface area contributed by atoms with Gasteiger partial charge in [-0.1, -0.05) is 19.9 Å². The van der Waals surface area contributed by atoms with Crippen molar-refractivity contribution in [3.63, 3.8) is 0 Å². The molecule has 1 aliphatic carbocycles. The fraction of sp³-hybridized carbons (Fsp3) is 0.643. The van der Waals surface area contributed by atoms with Crippen molar-refractivity contribution in [2.75, 3.05) is 0 Å². The van der Waals surface area contributed by atoms with E-state index in [1.54, 1.807) is 6.92 Å². The molecule has 90 valence electrons. The zero-order chi connectivity index (χ0) is 12.5. The maximum Gasteiger partial charge on any atom is 0.155 e. The number of allylic oxidation sites excluding steroid dienone is 3. The first-order chi connectivity index (χ1) is 7.25. The van der Waals surface area contributed by atoms with Gasteiger partial charge in [-0.25, -0.2) is 0 Å². The Hall–Kier alpha value is -0.890. The highest BCUT2D eigenvalue weighted by Gasteiger charge is 2.31. The molecule has 2 heteroatoms. The number of rotatable bonds is 2. The molecule has 0 aromatic heterocycles. The largest absolute Gasteiger partial charge is 0.389 e. The average Bonchev–Trinajstić information content (AvgIpc) is 2.18. The van der Waals surface area contributed by atoms with Gasteiger partial charge in [0, 0.05) is 0 Å². The lowest BCUT2D eigenvalue weighted by Crippen LogP contribution is -2.27. The van der Waals surface area contributed by atoms with E-state index in [0.717, 1.165) is 29.6 Å². The number of aliphatic hydroxyl groups excluding tert-OH is 1. The van der Waals surface area contributed by atoms with Crippen molar-refractivity contribution in [1.82, 2.24) is 0 Å². The maximum atomic E-state index is 11.3. The van der Waals surface area contributed by atoms with E-state index >= 15 is 0 Å². The minimum atomic E-state index is -0.348. The number of ketones is 1. The van der Waals surface area contributed by atoms with Crippen molar-refractivity contribution in [2.24, 2.45) is 5.41 Å². The maximum absolute atomic E-state index is 11.3. The van der Waals surface area contributed by atoms with Gasteiger partial charge in [0.25, 0.3) is 0 Å². The van der Waals surface area contributed by atoms with Crippen LogP contribution in [0.1, 0.15) is 47.5 Å². The molecule has 0 saturated carbocycles. The minimum absolute atomic E-state index is 0.0556. The summed E-state index contributed by atoms with van der Waals surface area (Å²) in [5.41, 5.74) is 2.95. The SMILES string of the molecule is CC(=O)/C(C)=C/C1=C(C)C(O)CCC1(C)C. The van der Waals surface area contributed by atoms with Crippen molar-refractivity contribution >= 4 is 5.78 Å². The molecule has 2 nitrogen and oxygen atoms in total. The van der Waals surface area contributed by atoms with Crippen LogP contribution in [0.5, 0.6) is 0 Å². The van der Waals surface area contributed by atoms with Crippen LogP contribution in [0.15, 0.2) is 22.8 Å². The number of carbonyl (C=O) groups excluding carboxylic acids is 1. The molecule has 1 aliphatic rings. The molecule has 0 aromatic rings. The van der Waals surface area contributed by atoms with Crippen molar-refractivity contribution in [2.45, 2.75) is 53.6 Å². The van der Waals surface area contributed by atoms with E-state index in [1.165, 1.54) is 0 Å². The zero-order valence-electron chi connectivity index (χ0n) is 10.9. The van der Waals surface area contributed by atoms with Gasteiger partial charge in [-0.15, -0.1) is 0 Å². The van der Waals surface area contributed by atoms with Crippen LogP contribution < -0.4 is 0 Å². The van der Waals surface area contributed by atoms with Crippen LogP contribution in [0.4, 0.5) is 0 Å². The summed E-state index contributed by atoms with van der Waals surface area (Å²) in [5, 5.41) is 9.86. The third kappa shape index (κ3) is 2.62. The van der Waals surface area contributed by atoms with Gasteiger partial charge in [0.1, 0.15) is 0 Å². The predicted octanol–water partition coefficient (Wildman–Crippen LogP) is 3.02. The van der Waals surface area contributed by atoms with E-state index in [9.17, 15) is 9.90 Å². The Bertz CT molecular complexity index is 359. The van der Waals surface area contributed by atoms with E-state index < -0.39 is 0 Å². The quantitative estimate of drug-likeness (QED) is 0.729. The lowest BCUT2D eigenvalue weighted by molar-refractivity contribution is -0.113. The van der Waals surface area contributed by atoms with Crippen LogP contribution >= 0.6 is 0 Å². The molecule has 0 bridgehead atoms. The standard InChI is InChI=1S/C14H22O2/c1-9(11(3)15)8-12-10(2)13(16)6-7-14(12,4)5/h8,13,16H,6-7H2,1-5H3/b9-8+. The van der Waals surface area contributed by atoms with Gasteiger partial charge in [-0.3, -0.25) is 4.79 Å². The first-order valence-electron chi connectivity index (χ1n) is 5.84. The number of aliphatic hydroxyl groups is 1. The molecule has 1 atom stereocenters. The van der Waals surface area contributed by atoms with E-state index in [-0.39, 0.29) is 17.3 Å². The summed E-state index contributed by atoms with van der Waals surface area (Å²) >= 11 is 0. The van der Waals surface area contributed by atoms with Crippen molar-refractivity contribution < 1.29 is 9.90 Å². The molecule has 0 aliphatic heterocycles. The Balaban J connectivity index is 3.20. The minimum Gasteiger partial charge on any atom is -0.389 e. The van der Waals surface area contributed by atoms with Gasteiger partial charge >= 0.3 is 0 Å². The van der Waals surface area contributed by atoms with Crippen molar-refractivity contribution in [1.29, 1.82) is 0 Å². The molecule has 1 unspecified atom stereocenters. The summed E-state index contributed by atoms with van der Waals surface area (Å²) in [5.74, 6) is 0.0937. The highest BCUT2D eigenvalue weighted by atomic mass is 16.3. The normalized spacial score (nSPS) is 25.9. The van der Waals surface area contributed by atoms with Gasteiger partial charge in [-0.05, 0) is 55.7 Å². The third-order valence-electron chi connectivity index (χ3n) is 3.61. The van der Waals surface area contributed by atoms with Crippen LogP contribution in [-0.2, 0) is 4.79 Å². The summed E-state index contributed by atoms with van der Waals surface area (Å²) in [6.45, 7) is 9.71. The second-order valence-electron chi connectivity index (χ2n) is 5.42. The fourth-order valence-electron chi connectivity index (χ4n) is 2.19. The Morgan fingerprint density at radius 2 is 2.00 bits per heavy atom. The molecule has 1 rings (SSSR count). The molecule has 0 radical (unpaired) electrons. The molecule has 16 heavy (non-hydrogen) atoms. The molecular formula is C14H22O2. The highest BCUT2D eigenvalue weighted by molar-refractivity contribution is 5.93. The smallest absolute Gasteiger partial charge is 0.155 e. The van der Waals surface area contributed by atoms with E-state index in [2.05, 4.69) is 13.8 Å². The highest BCUT2D eigenvalue weighted by Crippen LogP contribution is 2.41. The van der Waals surface area contributed by atoms with Crippen LogP contribution in [-0.4, -0.2) is 17.0 Å². The van der Waals surface area contributed by atoms with Crippen molar-refractivity contribution in [3.8, 4) is 0 Å². The second-order valence-corrected chi connectivity index (χ2v) is 5.42. The monoisotopic (exact) mass is 222 g/mol. The third-order valence-corrected chi connectivity index (χ3v) is 3.61. The number of hydrogen-bond acceptors (Lipinski definition) is 2. The molecule has 0 heterocycles. The predicted molar refractivity (Wildman–Crippen MR) is 66.2 cm³/mol. The Kier molecular flexibility index (Phi) is 3.74. The first-order valence-corrected chi connectivity index (χ1v) is 5.84. The molecule has 0 saturated heterocycles. The van der Waals surface area contributed by atoms with Crippen LogP contribution in [0.3, 0.4) is 0 Å². The Labute approximate surface area is 98.1 Å². The molecule has 0 amide bonds. The summed E-state index contributed by atoms with van der Waals surface area (Å²) in [4.78, 5) is 11.3. The summed E-state index contributed by atoms with van der Waals surface area (Å²) < 4.78 is 0. The molecular weight excluding hydrogens is 200 g/mol. The molecule has 0 aromatic carbocycles. The Morgan fingerprint density at radius 1 is 1.44 bits per heavy atom.